The molecule has 2 nitrogen and oxygen atoms in total. The standard InChI is InChI=1S/C22H39NO.ClH/c1-10-16(23)14-22(8,9)13-15-11-17(20(2,3)4)19(24)18(12-15)21(5,6)7;/h11-12,16,24H,10,13-14,23H2,1-9H3;1H. The average molecular weight is 370 g/mol. The van der Waals surface area contributed by atoms with Crippen molar-refractivity contribution in [3.05, 3.63) is 28.8 Å². The van der Waals surface area contributed by atoms with E-state index in [-0.39, 0.29) is 34.7 Å². The van der Waals surface area contributed by atoms with Crippen molar-refractivity contribution in [1.29, 1.82) is 0 Å². The van der Waals surface area contributed by atoms with Gasteiger partial charge in [0.1, 0.15) is 5.75 Å². The van der Waals surface area contributed by atoms with Crippen molar-refractivity contribution in [2.75, 3.05) is 0 Å². The molecule has 0 amide bonds. The summed E-state index contributed by atoms with van der Waals surface area (Å²) in [6, 6.07) is 4.65. The molecule has 0 radical (unpaired) electrons. The van der Waals surface area contributed by atoms with Crippen molar-refractivity contribution in [3.63, 3.8) is 0 Å². The van der Waals surface area contributed by atoms with E-state index in [1.54, 1.807) is 0 Å². The predicted molar refractivity (Wildman–Crippen MR) is 113 cm³/mol. The van der Waals surface area contributed by atoms with Crippen molar-refractivity contribution < 1.29 is 5.11 Å². The third-order valence-electron chi connectivity index (χ3n) is 4.81. The smallest absolute Gasteiger partial charge is 0.123 e. The first-order chi connectivity index (χ1) is 10.7. The predicted octanol–water partition coefficient (Wildman–Crippen LogP) is 6.11. The average Bonchev–Trinajstić information content (AvgIpc) is 2.36. The molecular formula is C22H40ClNO. The number of hydrogen-bond acceptors (Lipinski definition) is 2. The zero-order chi connectivity index (χ0) is 18.9. The molecule has 0 saturated carbocycles. The summed E-state index contributed by atoms with van der Waals surface area (Å²) in [7, 11) is 0. The van der Waals surface area contributed by atoms with Crippen LogP contribution in [0.1, 0.15) is 91.8 Å². The fraction of sp³-hybridized carbons (Fsp3) is 0.727. The first kappa shape index (κ1) is 24.3. The maximum atomic E-state index is 10.8. The van der Waals surface area contributed by atoms with E-state index in [9.17, 15) is 5.11 Å². The van der Waals surface area contributed by atoms with Crippen LogP contribution >= 0.6 is 12.4 Å². The number of phenolic OH excluding ortho intramolecular Hbond substituents is 1. The Morgan fingerprint density at radius 3 is 1.64 bits per heavy atom. The van der Waals surface area contributed by atoms with Crippen LogP contribution in [0, 0.1) is 5.41 Å². The molecule has 1 aromatic carbocycles. The van der Waals surface area contributed by atoms with Gasteiger partial charge in [-0.25, -0.2) is 0 Å². The Bertz CT molecular complexity index is 529. The van der Waals surface area contributed by atoms with Crippen molar-refractivity contribution in [2.24, 2.45) is 11.1 Å². The maximum Gasteiger partial charge on any atom is 0.123 e. The summed E-state index contributed by atoms with van der Waals surface area (Å²) in [6.45, 7) is 19.7. The van der Waals surface area contributed by atoms with Gasteiger partial charge in [0.25, 0.3) is 0 Å². The number of rotatable bonds is 5. The molecule has 0 aliphatic rings. The van der Waals surface area contributed by atoms with Crippen LogP contribution < -0.4 is 5.73 Å². The SMILES string of the molecule is CCC(N)CC(C)(C)Cc1cc(C(C)(C)C)c(O)c(C(C)(C)C)c1.Cl. The molecule has 3 heteroatoms. The minimum Gasteiger partial charge on any atom is -0.507 e. The minimum atomic E-state index is -0.0793. The lowest BCUT2D eigenvalue weighted by molar-refractivity contribution is 0.298. The summed E-state index contributed by atoms with van der Waals surface area (Å²) >= 11 is 0. The number of aromatic hydroxyl groups is 1. The van der Waals surface area contributed by atoms with Crippen molar-refractivity contribution >= 4 is 12.4 Å². The summed E-state index contributed by atoms with van der Waals surface area (Å²) in [5.74, 6) is 0.460. The topological polar surface area (TPSA) is 46.2 Å². The van der Waals surface area contributed by atoms with Crippen LogP contribution in [0.15, 0.2) is 12.1 Å². The zero-order valence-corrected chi connectivity index (χ0v) is 18.6. The van der Waals surface area contributed by atoms with Gasteiger partial charge in [-0.1, -0.05) is 74.4 Å². The molecule has 0 saturated heterocycles. The van der Waals surface area contributed by atoms with Gasteiger partial charge in [0.15, 0.2) is 0 Å². The fourth-order valence-corrected chi connectivity index (χ4v) is 3.42. The van der Waals surface area contributed by atoms with Gasteiger partial charge in [0, 0.05) is 6.04 Å². The van der Waals surface area contributed by atoms with Crippen molar-refractivity contribution in [2.45, 2.75) is 98.4 Å². The second kappa shape index (κ2) is 8.31. The number of nitrogens with two attached hydrogens (primary N) is 1. The van der Waals surface area contributed by atoms with Crippen LogP contribution in [0.25, 0.3) is 0 Å². The van der Waals surface area contributed by atoms with Gasteiger partial charge in [-0.05, 0) is 52.2 Å². The van der Waals surface area contributed by atoms with E-state index in [0.717, 1.165) is 30.4 Å². The van der Waals surface area contributed by atoms with Crippen LogP contribution in [0.4, 0.5) is 0 Å². The van der Waals surface area contributed by atoms with Gasteiger partial charge in [0.2, 0.25) is 0 Å². The van der Waals surface area contributed by atoms with E-state index in [0.29, 0.717) is 5.75 Å². The van der Waals surface area contributed by atoms with Crippen molar-refractivity contribution in [3.8, 4) is 5.75 Å². The van der Waals surface area contributed by atoms with Gasteiger partial charge in [-0.2, -0.15) is 0 Å². The van der Waals surface area contributed by atoms with E-state index in [4.69, 9.17) is 5.73 Å². The summed E-state index contributed by atoms with van der Waals surface area (Å²) < 4.78 is 0. The molecule has 0 heterocycles. The number of phenols is 1. The molecule has 3 N–H and O–H groups in total. The number of halogens is 1. The molecule has 0 aliphatic carbocycles. The monoisotopic (exact) mass is 369 g/mol. The Hall–Kier alpha value is -0.730. The Balaban J connectivity index is 0.00000576. The van der Waals surface area contributed by atoms with Gasteiger partial charge >= 0.3 is 0 Å². The molecular weight excluding hydrogens is 330 g/mol. The highest BCUT2D eigenvalue weighted by Crippen LogP contribution is 2.41. The lowest BCUT2D eigenvalue weighted by atomic mass is 9.75. The lowest BCUT2D eigenvalue weighted by Gasteiger charge is -2.31. The molecule has 0 spiro atoms. The maximum absolute atomic E-state index is 10.8. The van der Waals surface area contributed by atoms with E-state index < -0.39 is 0 Å². The zero-order valence-electron chi connectivity index (χ0n) is 17.8. The van der Waals surface area contributed by atoms with Gasteiger partial charge in [-0.3, -0.25) is 0 Å². The second-order valence-electron chi connectivity index (χ2n) is 10.3. The van der Waals surface area contributed by atoms with Crippen LogP contribution in [0.2, 0.25) is 0 Å². The second-order valence-corrected chi connectivity index (χ2v) is 10.3. The summed E-state index contributed by atoms with van der Waals surface area (Å²) in [4.78, 5) is 0. The third-order valence-corrected chi connectivity index (χ3v) is 4.81. The van der Waals surface area contributed by atoms with Crippen LogP contribution in [-0.4, -0.2) is 11.1 Å². The Morgan fingerprint density at radius 1 is 0.920 bits per heavy atom. The molecule has 146 valence electrons. The van der Waals surface area contributed by atoms with E-state index >= 15 is 0 Å². The molecule has 1 atom stereocenters. The molecule has 1 unspecified atom stereocenters. The van der Waals surface area contributed by atoms with Gasteiger partial charge in [0.05, 0.1) is 0 Å². The third kappa shape index (κ3) is 6.83. The van der Waals surface area contributed by atoms with Crippen LogP contribution in [-0.2, 0) is 17.3 Å². The highest BCUT2D eigenvalue weighted by atomic mass is 35.5. The summed E-state index contributed by atoms with van der Waals surface area (Å²) in [6.07, 6.45) is 3.01. The largest absolute Gasteiger partial charge is 0.507 e. The number of benzene rings is 1. The molecule has 1 rings (SSSR count). The minimum absolute atomic E-state index is 0. The molecule has 1 aromatic rings. The van der Waals surface area contributed by atoms with E-state index in [1.165, 1.54) is 5.56 Å². The first-order valence-corrected chi connectivity index (χ1v) is 9.30. The molecule has 0 aromatic heterocycles. The van der Waals surface area contributed by atoms with Gasteiger partial charge < -0.3 is 10.8 Å². The molecule has 25 heavy (non-hydrogen) atoms. The first-order valence-electron chi connectivity index (χ1n) is 9.30. The van der Waals surface area contributed by atoms with E-state index in [1.807, 2.05) is 0 Å². The quantitative estimate of drug-likeness (QED) is 0.658. The highest BCUT2D eigenvalue weighted by molar-refractivity contribution is 5.85. The molecule has 0 fully saturated rings. The fourth-order valence-electron chi connectivity index (χ4n) is 3.42. The highest BCUT2D eigenvalue weighted by Gasteiger charge is 2.28. The summed E-state index contributed by atoms with van der Waals surface area (Å²) in [5.41, 5.74) is 9.57. The Kier molecular flexibility index (Phi) is 8.07. The van der Waals surface area contributed by atoms with Crippen LogP contribution in [0.3, 0.4) is 0 Å². The van der Waals surface area contributed by atoms with Gasteiger partial charge in [-0.15, -0.1) is 12.4 Å². The van der Waals surface area contributed by atoms with E-state index in [2.05, 4.69) is 74.4 Å². The van der Waals surface area contributed by atoms with Crippen LogP contribution in [0.5, 0.6) is 5.75 Å². The normalized spacial score (nSPS) is 14.2. The molecule has 0 bridgehead atoms. The Morgan fingerprint density at radius 2 is 1.32 bits per heavy atom. The number of hydrogen-bond donors (Lipinski definition) is 2. The summed E-state index contributed by atoms with van der Waals surface area (Å²) in [5, 5.41) is 10.8. The molecule has 0 aliphatic heterocycles. The lowest BCUT2D eigenvalue weighted by Crippen LogP contribution is -2.29. The Labute approximate surface area is 162 Å². The van der Waals surface area contributed by atoms with Crippen molar-refractivity contribution in [1.82, 2.24) is 0 Å².